The molecule has 3 aromatic rings. The number of hydrogen-bond acceptors (Lipinski definition) is 3. The molecule has 0 saturated heterocycles. The summed E-state index contributed by atoms with van der Waals surface area (Å²) in [5.74, 6) is 0.681. The highest BCUT2D eigenvalue weighted by Gasteiger charge is 2.12. The minimum atomic E-state index is 0.681. The van der Waals surface area contributed by atoms with Gasteiger partial charge >= 0.3 is 0 Å². The first-order valence-corrected chi connectivity index (χ1v) is 6.96. The minimum Gasteiger partial charge on any atom is -0.346 e. The van der Waals surface area contributed by atoms with Crippen molar-refractivity contribution < 1.29 is 0 Å². The lowest BCUT2D eigenvalue weighted by Crippen LogP contribution is -2.01. The fourth-order valence-electron chi connectivity index (χ4n) is 2.33. The molecule has 0 aliphatic heterocycles. The Bertz CT molecular complexity index is 723. The summed E-state index contributed by atoms with van der Waals surface area (Å²) in [4.78, 5) is 11.9. The van der Waals surface area contributed by atoms with E-state index in [9.17, 15) is 0 Å². The molecule has 20 heavy (non-hydrogen) atoms. The maximum atomic E-state index is 4.43. The highest BCUT2D eigenvalue weighted by atomic mass is 15.3. The van der Waals surface area contributed by atoms with Crippen molar-refractivity contribution in [3.63, 3.8) is 0 Å². The van der Waals surface area contributed by atoms with Gasteiger partial charge in [-0.25, -0.2) is 9.97 Å². The second-order valence-electron chi connectivity index (χ2n) is 5.59. The first kappa shape index (κ1) is 12.8. The highest BCUT2D eigenvalue weighted by molar-refractivity contribution is 5.92. The molecule has 0 spiro atoms. The summed E-state index contributed by atoms with van der Waals surface area (Å²) in [6, 6.07) is 0. The van der Waals surface area contributed by atoms with Crippen molar-refractivity contribution in [2.45, 2.75) is 33.7 Å². The van der Waals surface area contributed by atoms with E-state index in [0.29, 0.717) is 5.92 Å². The van der Waals surface area contributed by atoms with E-state index in [1.54, 1.807) is 6.33 Å². The monoisotopic (exact) mass is 269 g/mol. The van der Waals surface area contributed by atoms with Gasteiger partial charge in [-0.2, -0.15) is 5.10 Å². The smallest absolute Gasteiger partial charge is 0.141 e. The van der Waals surface area contributed by atoms with Crippen molar-refractivity contribution in [3.8, 4) is 11.3 Å². The molecule has 0 saturated carbocycles. The average molecular weight is 269 g/mol. The van der Waals surface area contributed by atoms with Gasteiger partial charge in [-0.15, -0.1) is 0 Å². The second kappa shape index (κ2) is 5.07. The van der Waals surface area contributed by atoms with Crippen LogP contribution >= 0.6 is 0 Å². The van der Waals surface area contributed by atoms with Gasteiger partial charge in [-0.05, 0) is 24.8 Å². The van der Waals surface area contributed by atoms with Gasteiger partial charge in [-0.3, -0.25) is 4.68 Å². The zero-order valence-electron chi connectivity index (χ0n) is 12.1. The zero-order chi connectivity index (χ0) is 14.1. The fourth-order valence-corrected chi connectivity index (χ4v) is 2.33. The number of hydrogen-bond donors (Lipinski definition) is 1. The van der Waals surface area contributed by atoms with E-state index < -0.39 is 0 Å². The van der Waals surface area contributed by atoms with Crippen LogP contribution in [0.3, 0.4) is 0 Å². The molecule has 0 radical (unpaired) electrons. The van der Waals surface area contributed by atoms with E-state index in [1.165, 1.54) is 0 Å². The Morgan fingerprint density at radius 3 is 2.95 bits per heavy atom. The Hall–Kier alpha value is -2.17. The van der Waals surface area contributed by atoms with Crippen LogP contribution in [0.1, 0.15) is 25.8 Å². The molecular weight excluding hydrogens is 250 g/mol. The normalized spacial score (nSPS) is 11.6. The zero-order valence-corrected chi connectivity index (χ0v) is 12.1. The number of aromatic nitrogens is 5. The van der Waals surface area contributed by atoms with Crippen molar-refractivity contribution in [2.24, 2.45) is 5.92 Å². The Labute approximate surface area is 118 Å². The van der Waals surface area contributed by atoms with Gasteiger partial charge in [0.25, 0.3) is 0 Å². The molecule has 1 N–H and O–H groups in total. The number of aromatic amines is 1. The maximum absolute atomic E-state index is 4.43. The summed E-state index contributed by atoms with van der Waals surface area (Å²) in [7, 11) is 0. The number of fused-ring (bicyclic) bond motifs is 1. The summed E-state index contributed by atoms with van der Waals surface area (Å²) in [6.45, 7) is 7.45. The van der Waals surface area contributed by atoms with E-state index in [-0.39, 0.29) is 0 Å². The van der Waals surface area contributed by atoms with Gasteiger partial charge in [-0.1, -0.05) is 13.8 Å². The molecule has 5 heteroatoms. The number of nitrogens with zero attached hydrogens (tertiary/aromatic N) is 4. The van der Waals surface area contributed by atoms with Gasteiger partial charge in [0.1, 0.15) is 12.0 Å². The molecular formula is C15H19N5. The molecule has 3 heterocycles. The summed E-state index contributed by atoms with van der Waals surface area (Å²) >= 11 is 0. The molecule has 0 atom stereocenters. The van der Waals surface area contributed by atoms with Crippen molar-refractivity contribution >= 4 is 11.0 Å². The van der Waals surface area contributed by atoms with E-state index >= 15 is 0 Å². The van der Waals surface area contributed by atoms with Crippen LogP contribution in [0.2, 0.25) is 0 Å². The van der Waals surface area contributed by atoms with Crippen molar-refractivity contribution in [1.29, 1.82) is 0 Å². The number of nitrogens with one attached hydrogen (secondary N) is 1. The SMILES string of the molecule is Cc1c[nH]c2ncnc(-c3cnn(CCC(C)C)c3)c12. The Kier molecular flexibility index (Phi) is 3.26. The third-order valence-electron chi connectivity index (χ3n) is 3.51. The van der Waals surface area contributed by atoms with Crippen LogP contribution < -0.4 is 0 Å². The van der Waals surface area contributed by atoms with Crippen molar-refractivity contribution in [2.75, 3.05) is 0 Å². The summed E-state index contributed by atoms with van der Waals surface area (Å²) in [6.07, 6.45) is 8.64. The van der Waals surface area contributed by atoms with E-state index in [2.05, 4.69) is 47.0 Å². The molecule has 3 aromatic heterocycles. The number of H-pyrrole nitrogens is 1. The standard InChI is InChI=1S/C15H19N5/c1-10(2)4-5-20-8-12(7-19-20)14-13-11(3)6-16-15(13)18-9-17-14/h6-10H,4-5H2,1-3H3,(H,16,17,18). The molecule has 0 aliphatic carbocycles. The number of rotatable bonds is 4. The van der Waals surface area contributed by atoms with Gasteiger partial charge in [0.05, 0.1) is 11.9 Å². The van der Waals surface area contributed by atoms with E-state index in [0.717, 1.165) is 40.8 Å². The van der Waals surface area contributed by atoms with Crippen LogP contribution in [0.4, 0.5) is 0 Å². The highest BCUT2D eigenvalue weighted by Crippen LogP contribution is 2.27. The molecule has 5 nitrogen and oxygen atoms in total. The summed E-state index contributed by atoms with van der Waals surface area (Å²) in [5.41, 5.74) is 4.03. The van der Waals surface area contributed by atoms with Crippen LogP contribution in [0.25, 0.3) is 22.3 Å². The van der Waals surface area contributed by atoms with Crippen LogP contribution in [0.5, 0.6) is 0 Å². The molecule has 0 fully saturated rings. The Morgan fingerprint density at radius 1 is 1.30 bits per heavy atom. The Balaban J connectivity index is 1.97. The van der Waals surface area contributed by atoms with Gasteiger partial charge in [0, 0.05) is 29.9 Å². The van der Waals surface area contributed by atoms with E-state index in [1.807, 2.05) is 17.1 Å². The van der Waals surface area contributed by atoms with Crippen LogP contribution in [0, 0.1) is 12.8 Å². The molecule has 0 aliphatic rings. The summed E-state index contributed by atoms with van der Waals surface area (Å²) in [5, 5.41) is 5.51. The van der Waals surface area contributed by atoms with Gasteiger partial charge in [0.15, 0.2) is 0 Å². The average Bonchev–Trinajstić information content (AvgIpc) is 3.04. The van der Waals surface area contributed by atoms with Gasteiger partial charge in [0.2, 0.25) is 0 Å². The summed E-state index contributed by atoms with van der Waals surface area (Å²) < 4.78 is 1.99. The molecule has 0 bridgehead atoms. The van der Waals surface area contributed by atoms with Crippen LogP contribution in [-0.4, -0.2) is 24.7 Å². The second-order valence-corrected chi connectivity index (χ2v) is 5.59. The van der Waals surface area contributed by atoms with Crippen LogP contribution in [0.15, 0.2) is 24.9 Å². The molecule has 0 aromatic carbocycles. The predicted molar refractivity (Wildman–Crippen MR) is 79.3 cm³/mol. The van der Waals surface area contributed by atoms with Crippen molar-refractivity contribution in [1.82, 2.24) is 24.7 Å². The minimum absolute atomic E-state index is 0.681. The maximum Gasteiger partial charge on any atom is 0.141 e. The largest absolute Gasteiger partial charge is 0.346 e. The first-order valence-electron chi connectivity index (χ1n) is 6.96. The molecule has 3 rings (SSSR count). The number of aryl methyl sites for hydroxylation is 2. The molecule has 104 valence electrons. The van der Waals surface area contributed by atoms with Gasteiger partial charge < -0.3 is 4.98 Å². The third-order valence-corrected chi connectivity index (χ3v) is 3.51. The lowest BCUT2D eigenvalue weighted by molar-refractivity contribution is 0.487. The van der Waals surface area contributed by atoms with E-state index in [4.69, 9.17) is 0 Å². The third kappa shape index (κ3) is 2.31. The lowest BCUT2D eigenvalue weighted by atomic mass is 10.1. The molecule has 0 unspecified atom stereocenters. The lowest BCUT2D eigenvalue weighted by Gasteiger charge is -2.04. The Morgan fingerprint density at radius 2 is 2.15 bits per heavy atom. The topological polar surface area (TPSA) is 59.4 Å². The van der Waals surface area contributed by atoms with Crippen molar-refractivity contribution in [3.05, 3.63) is 30.5 Å². The molecule has 0 amide bonds. The fraction of sp³-hybridized carbons (Fsp3) is 0.400. The predicted octanol–water partition coefficient (Wildman–Crippen LogP) is 3.18. The van der Waals surface area contributed by atoms with Crippen LogP contribution in [-0.2, 0) is 6.54 Å². The first-order chi connectivity index (χ1) is 9.65. The quantitative estimate of drug-likeness (QED) is 0.791.